The van der Waals surface area contributed by atoms with Gasteiger partial charge in [-0.25, -0.2) is 0 Å². The van der Waals surface area contributed by atoms with E-state index < -0.39 is 0 Å². The Morgan fingerprint density at radius 3 is 2.23 bits per heavy atom. The molecule has 0 spiro atoms. The van der Waals surface area contributed by atoms with Crippen LogP contribution in [0, 0.1) is 12.8 Å². The molecule has 130 valence electrons. The molecular formula is C23H20O3. The number of fused-ring (bicyclic) bond motifs is 2. The summed E-state index contributed by atoms with van der Waals surface area (Å²) < 4.78 is 16.5. The number of ether oxygens (including phenoxy) is 1. The molecule has 5 rings (SSSR count). The lowest BCUT2D eigenvalue weighted by molar-refractivity contribution is 0.0580. The molecule has 26 heavy (non-hydrogen) atoms. The Balaban J connectivity index is 1.62. The molecule has 0 radical (unpaired) electrons. The zero-order valence-corrected chi connectivity index (χ0v) is 14.8. The van der Waals surface area contributed by atoms with Gasteiger partial charge in [0.1, 0.15) is 11.9 Å². The quantitative estimate of drug-likeness (QED) is 0.404. The third-order valence-corrected chi connectivity index (χ3v) is 5.47. The highest BCUT2D eigenvalue weighted by Gasteiger charge is 2.37. The van der Waals surface area contributed by atoms with Gasteiger partial charge in [0.2, 0.25) is 11.2 Å². The lowest BCUT2D eigenvalue weighted by atomic mass is 9.75. The van der Waals surface area contributed by atoms with E-state index in [0.29, 0.717) is 0 Å². The zero-order chi connectivity index (χ0) is 17.7. The van der Waals surface area contributed by atoms with Gasteiger partial charge in [-0.3, -0.25) is 9.15 Å². The standard InChI is InChI=1S/C23H20O3/c1-14-7-9-16(10-8-14)22-15(2)23(24-19-6-4-3-5-18(19)22)17-11-12-20-21(13-17)26-25-20/h3-13,15,22-23H,1-2H3. The van der Waals surface area contributed by atoms with E-state index >= 15 is 0 Å². The van der Waals surface area contributed by atoms with Gasteiger partial charge in [-0.15, -0.1) is 0 Å². The number of aryl methyl sites for hydroxylation is 1. The summed E-state index contributed by atoms with van der Waals surface area (Å²) in [6, 6.07) is 23.3. The summed E-state index contributed by atoms with van der Waals surface area (Å²) in [5.41, 5.74) is 6.54. The number of para-hydroxylation sites is 1. The zero-order valence-electron chi connectivity index (χ0n) is 14.8. The van der Waals surface area contributed by atoms with E-state index in [9.17, 15) is 0 Å². The third-order valence-electron chi connectivity index (χ3n) is 5.47. The third kappa shape index (κ3) is 2.35. The van der Waals surface area contributed by atoms with Gasteiger partial charge in [0.05, 0.1) is 0 Å². The summed E-state index contributed by atoms with van der Waals surface area (Å²) in [5.74, 6) is 1.53. The highest BCUT2D eigenvalue weighted by Crippen LogP contribution is 2.49. The number of rotatable bonds is 2. The second-order valence-corrected chi connectivity index (χ2v) is 7.20. The van der Waals surface area contributed by atoms with Crippen LogP contribution in [0.2, 0.25) is 0 Å². The Kier molecular flexibility index (Phi) is 3.42. The highest BCUT2D eigenvalue weighted by atomic mass is 17.0. The van der Waals surface area contributed by atoms with Gasteiger partial charge in [-0.2, -0.15) is 0 Å². The second kappa shape index (κ2) is 5.80. The first kappa shape index (κ1) is 15.3. The van der Waals surface area contributed by atoms with E-state index in [-0.39, 0.29) is 17.9 Å². The molecule has 3 heteroatoms. The van der Waals surface area contributed by atoms with E-state index in [1.54, 1.807) is 0 Å². The molecular weight excluding hydrogens is 324 g/mol. The number of benzene rings is 3. The monoisotopic (exact) mass is 344 g/mol. The van der Waals surface area contributed by atoms with Crippen molar-refractivity contribution in [2.45, 2.75) is 25.9 Å². The topological polar surface area (TPSA) is 35.5 Å². The van der Waals surface area contributed by atoms with Gasteiger partial charge in [0.15, 0.2) is 0 Å². The van der Waals surface area contributed by atoms with Crippen LogP contribution >= 0.6 is 0 Å². The van der Waals surface area contributed by atoms with E-state index in [2.05, 4.69) is 62.4 Å². The molecule has 0 saturated carbocycles. The van der Waals surface area contributed by atoms with Gasteiger partial charge in [0.25, 0.3) is 0 Å². The largest absolute Gasteiger partial charge is 0.485 e. The average molecular weight is 344 g/mol. The Morgan fingerprint density at radius 2 is 1.50 bits per heavy atom. The first-order valence-electron chi connectivity index (χ1n) is 9.01. The summed E-state index contributed by atoms with van der Waals surface area (Å²) in [4.78, 5) is 0. The molecule has 0 N–H and O–H groups in total. The maximum Gasteiger partial charge on any atom is 0.226 e. The van der Waals surface area contributed by atoms with E-state index in [1.807, 2.05) is 18.2 Å². The predicted molar refractivity (Wildman–Crippen MR) is 100 cm³/mol. The minimum absolute atomic E-state index is 0.0364. The van der Waals surface area contributed by atoms with Gasteiger partial charge < -0.3 is 4.74 Å². The van der Waals surface area contributed by atoms with Crippen LogP contribution in [0.5, 0.6) is 5.75 Å². The Morgan fingerprint density at radius 1 is 0.769 bits per heavy atom. The molecule has 1 aromatic heterocycles. The van der Waals surface area contributed by atoms with E-state index in [1.165, 1.54) is 16.7 Å². The van der Waals surface area contributed by atoms with E-state index in [4.69, 9.17) is 13.9 Å². The van der Waals surface area contributed by atoms with Crippen molar-refractivity contribution in [3.8, 4) is 5.75 Å². The lowest BCUT2D eigenvalue weighted by Gasteiger charge is -2.38. The molecule has 3 nitrogen and oxygen atoms in total. The van der Waals surface area contributed by atoms with Crippen molar-refractivity contribution in [2.75, 3.05) is 0 Å². The van der Waals surface area contributed by atoms with Crippen LogP contribution in [0.4, 0.5) is 0 Å². The van der Waals surface area contributed by atoms with Crippen LogP contribution in [0.3, 0.4) is 0 Å². The minimum Gasteiger partial charge on any atom is -0.485 e. The molecule has 3 unspecified atom stereocenters. The molecule has 4 aromatic rings. The highest BCUT2D eigenvalue weighted by molar-refractivity contribution is 5.71. The first-order valence-corrected chi connectivity index (χ1v) is 9.01. The van der Waals surface area contributed by atoms with Crippen molar-refractivity contribution in [3.63, 3.8) is 0 Å². The normalized spacial score (nSPS) is 22.2. The second-order valence-electron chi connectivity index (χ2n) is 7.20. The molecule has 3 aromatic carbocycles. The summed E-state index contributed by atoms with van der Waals surface area (Å²) in [5, 5.41) is 0. The number of hydrogen-bond donors (Lipinski definition) is 0. The molecule has 1 aliphatic heterocycles. The van der Waals surface area contributed by atoms with Crippen molar-refractivity contribution in [2.24, 2.45) is 5.92 Å². The Hall–Kier alpha value is -2.94. The molecule has 0 amide bonds. The summed E-state index contributed by atoms with van der Waals surface area (Å²) >= 11 is 0. The Labute approximate surface area is 152 Å². The molecule has 0 bridgehead atoms. The number of hydrogen-bond acceptors (Lipinski definition) is 3. The summed E-state index contributed by atoms with van der Waals surface area (Å²) in [6.07, 6.45) is -0.0364. The minimum atomic E-state index is -0.0364. The first-order chi connectivity index (χ1) is 12.7. The van der Waals surface area contributed by atoms with Crippen molar-refractivity contribution in [1.82, 2.24) is 0 Å². The van der Waals surface area contributed by atoms with Crippen LogP contribution < -0.4 is 4.74 Å². The molecule has 0 saturated heterocycles. The van der Waals surface area contributed by atoms with Crippen LogP contribution in [0.25, 0.3) is 11.2 Å². The molecule has 2 heterocycles. The Bertz CT molecular complexity index is 1050. The average Bonchev–Trinajstić information content (AvgIpc) is 2.64. The summed E-state index contributed by atoms with van der Waals surface area (Å²) in [7, 11) is 0. The van der Waals surface area contributed by atoms with Crippen LogP contribution in [-0.4, -0.2) is 0 Å². The van der Waals surface area contributed by atoms with Crippen molar-refractivity contribution < 1.29 is 13.9 Å². The van der Waals surface area contributed by atoms with Crippen LogP contribution in [0.15, 0.2) is 75.9 Å². The maximum absolute atomic E-state index is 6.43. The fourth-order valence-electron chi connectivity index (χ4n) is 4.07. The summed E-state index contributed by atoms with van der Waals surface area (Å²) in [6.45, 7) is 4.39. The fourth-order valence-corrected chi connectivity index (χ4v) is 4.07. The van der Waals surface area contributed by atoms with Crippen molar-refractivity contribution >= 4 is 11.2 Å². The van der Waals surface area contributed by atoms with Crippen molar-refractivity contribution in [1.29, 1.82) is 0 Å². The maximum atomic E-state index is 6.43. The van der Waals surface area contributed by atoms with Gasteiger partial charge >= 0.3 is 0 Å². The van der Waals surface area contributed by atoms with Gasteiger partial charge in [-0.1, -0.05) is 61.0 Å². The van der Waals surface area contributed by atoms with Gasteiger partial charge in [0, 0.05) is 17.4 Å². The molecule has 1 aliphatic rings. The molecule has 3 atom stereocenters. The smallest absolute Gasteiger partial charge is 0.226 e. The lowest BCUT2D eigenvalue weighted by Crippen LogP contribution is -2.28. The van der Waals surface area contributed by atoms with E-state index in [0.717, 1.165) is 22.5 Å². The van der Waals surface area contributed by atoms with Gasteiger partial charge in [-0.05, 0) is 36.2 Å². The SMILES string of the molecule is Cc1ccc(C2c3ccccc3OC(c3ccc4ooc4c3)C2C)cc1. The van der Waals surface area contributed by atoms with Crippen LogP contribution in [0.1, 0.15) is 41.2 Å². The predicted octanol–water partition coefficient (Wildman–Crippen LogP) is 6.24. The van der Waals surface area contributed by atoms with Crippen LogP contribution in [-0.2, 0) is 0 Å². The molecule has 0 aliphatic carbocycles. The fraction of sp³-hybridized carbons (Fsp3) is 0.217. The van der Waals surface area contributed by atoms with Crippen molar-refractivity contribution in [3.05, 3.63) is 89.0 Å². The molecule has 0 fully saturated rings.